The van der Waals surface area contributed by atoms with E-state index in [-0.39, 0.29) is 31.0 Å². The Bertz CT molecular complexity index is 2660. The van der Waals surface area contributed by atoms with Crippen molar-refractivity contribution in [2.75, 3.05) is 6.61 Å². The number of pyridine rings is 1. The minimum absolute atomic E-state index is 0.0746. The molecule has 0 unspecified atom stereocenters. The summed E-state index contributed by atoms with van der Waals surface area (Å²) < 4.78 is 23.4. The number of amides is 1. The van der Waals surface area contributed by atoms with Gasteiger partial charge in [-0.25, -0.2) is 14.6 Å². The number of carbonyl (C=O) groups is 3. The number of halogens is 2. The van der Waals surface area contributed by atoms with Gasteiger partial charge < -0.3 is 29.3 Å². The molecule has 4 aromatic carbocycles. The SMILES string of the molecule is Cc1nc(C(=O)N2Cc3cc4c(cc3C[C@H]2C(=O)OC(=O)[C@@H](N)Cc2ccc(-c3ccnc(C)c3C)cc2)OCC[C@@H](c2ccc(OCc3ccc(Cl)c(Cl)c3)cc2)C4)c(C)o1. The van der Waals surface area contributed by atoms with E-state index in [1.807, 2.05) is 68.4 Å². The summed E-state index contributed by atoms with van der Waals surface area (Å²) in [6.07, 6.45) is 3.50. The fourth-order valence-electron chi connectivity index (χ4n) is 8.20. The van der Waals surface area contributed by atoms with Crippen LogP contribution in [0.3, 0.4) is 0 Å². The molecule has 0 saturated carbocycles. The Labute approximate surface area is 370 Å². The first-order valence-electron chi connectivity index (χ1n) is 20.5. The molecule has 0 radical (unpaired) electrons. The number of nitrogens with two attached hydrogens (primary N) is 1. The number of ether oxygens (including phenoxy) is 3. The number of rotatable bonds is 10. The summed E-state index contributed by atoms with van der Waals surface area (Å²) in [5, 5.41) is 0.980. The molecule has 2 N–H and O–H groups in total. The lowest BCUT2D eigenvalue weighted by molar-refractivity contribution is -0.164. The highest BCUT2D eigenvalue weighted by Crippen LogP contribution is 2.38. The molecule has 62 heavy (non-hydrogen) atoms. The van der Waals surface area contributed by atoms with Crippen LogP contribution in [0.5, 0.6) is 11.5 Å². The summed E-state index contributed by atoms with van der Waals surface area (Å²) in [4.78, 5) is 51.7. The number of carbonyl (C=O) groups excluding carboxylic acids is 3. The first kappa shape index (κ1) is 42.7. The van der Waals surface area contributed by atoms with Gasteiger partial charge in [0.25, 0.3) is 5.91 Å². The van der Waals surface area contributed by atoms with Crippen molar-refractivity contribution in [2.45, 2.75) is 84.5 Å². The molecule has 0 spiro atoms. The molecule has 6 aromatic rings. The lowest BCUT2D eigenvalue weighted by Gasteiger charge is -2.35. The van der Waals surface area contributed by atoms with Crippen LogP contribution in [-0.2, 0) is 46.7 Å². The van der Waals surface area contributed by atoms with Gasteiger partial charge in [0.2, 0.25) is 0 Å². The number of aromatic nitrogens is 2. The van der Waals surface area contributed by atoms with Crippen LogP contribution < -0.4 is 15.2 Å². The van der Waals surface area contributed by atoms with Gasteiger partial charge in [-0.05, 0) is 132 Å². The predicted octanol–water partition coefficient (Wildman–Crippen LogP) is 9.17. The molecule has 2 aliphatic rings. The van der Waals surface area contributed by atoms with E-state index in [1.54, 1.807) is 32.2 Å². The zero-order chi connectivity index (χ0) is 43.7. The molecule has 8 rings (SSSR count). The second-order valence-electron chi connectivity index (χ2n) is 16.0. The van der Waals surface area contributed by atoms with Gasteiger partial charge in [0.05, 0.1) is 16.7 Å². The monoisotopic (exact) mass is 872 g/mol. The third kappa shape index (κ3) is 9.25. The van der Waals surface area contributed by atoms with Crippen molar-refractivity contribution in [1.29, 1.82) is 0 Å². The Morgan fingerprint density at radius 1 is 0.871 bits per heavy atom. The molecule has 318 valence electrons. The number of oxazole rings is 1. The molecule has 1 amide bonds. The zero-order valence-electron chi connectivity index (χ0n) is 34.9. The van der Waals surface area contributed by atoms with Crippen LogP contribution in [0.4, 0.5) is 0 Å². The van der Waals surface area contributed by atoms with Crippen molar-refractivity contribution in [3.05, 3.63) is 163 Å². The van der Waals surface area contributed by atoms with Gasteiger partial charge in [-0.2, -0.15) is 0 Å². The highest BCUT2D eigenvalue weighted by molar-refractivity contribution is 6.42. The number of hydrogen-bond acceptors (Lipinski definition) is 10. The van der Waals surface area contributed by atoms with Gasteiger partial charge in [-0.15, -0.1) is 0 Å². The van der Waals surface area contributed by atoms with Crippen molar-refractivity contribution in [1.82, 2.24) is 14.9 Å². The Morgan fingerprint density at radius 2 is 1.63 bits per heavy atom. The van der Waals surface area contributed by atoms with Gasteiger partial charge >= 0.3 is 11.9 Å². The number of hydrogen-bond donors (Lipinski definition) is 1. The largest absolute Gasteiger partial charge is 0.493 e. The van der Waals surface area contributed by atoms with Gasteiger partial charge in [0.1, 0.15) is 35.9 Å². The van der Waals surface area contributed by atoms with Crippen LogP contribution in [0.2, 0.25) is 10.0 Å². The van der Waals surface area contributed by atoms with E-state index in [4.69, 9.17) is 47.6 Å². The fraction of sp³-hybridized carbons (Fsp3) is 0.286. The molecule has 0 aliphatic carbocycles. The molecule has 11 nitrogen and oxygen atoms in total. The lowest BCUT2D eigenvalue weighted by Crippen LogP contribution is -2.51. The Morgan fingerprint density at radius 3 is 2.35 bits per heavy atom. The van der Waals surface area contributed by atoms with Gasteiger partial charge in [0.15, 0.2) is 11.6 Å². The summed E-state index contributed by atoms with van der Waals surface area (Å²) in [5.41, 5.74) is 16.1. The van der Waals surface area contributed by atoms with Crippen LogP contribution in [0.1, 0.15) is 79.1 Å². The summed E-state index contributed by atoms with van der Waals surface area (Å²) >= 11 is 12.2. The van der Waals surface area contributed by atoms with Crippen LogP contribution >= 0.6 is 23.2 Å². The van der Waals surface area contributed by atoms with Crippen molar-refractivity contribution in [3.8, 4) is 22.6 Å². The molecular weight excluding hydrogens is 827 g/mol. The van der Waals surface area contributed by atoms with Crippen molar-refractivity contribution < 1.29 is 33.0 Å². The average molecular weight is 874 g/mol. The van der Waals surface area contributed by atoms with Gasteiger partial charge in [-0.1, -0.05) is 71.7 Å². The molecule has 3 atom stereocenters. The van der Waals surface area contributed by atoms with E-state index >= 15 is 0 Å². The lowest BCUT2D eigenvalue weighted by atomic mass is 9.86. The number of aryl methyl sites for hydroxylation is 3. The summed E-state index contributed by atoms with van der Waals surface area (Å²) in [6.45, 7) is 8.22. The van der Waals surface area contributed by atoms with Crippen LogP contribution in [0, 0.1) is 27.7 Å². The molecule has 0 saturated heterocycles. The number of nitrogens with zero attached hydrogens (tertiary/aromatic N) is 3. The third-order valence-electron chi connectivity index (χ3n) is 11.8. The second kappa shape index (κ2) is 18.1. The maximum absolute atomic E-state index is 14.2. The Hall–Kier alpha value is -6.01. The third-order valence-corrected chi connectivity index (χ3v) is 12.5. The first-order valence-corrected chi connectivity index (χ1v) is 21.3. The van der Waals surface area contributed by atoms with Gasteiger partial charge in [-0.3, -0.25) is 9.78 Å². The van der Waals surface area contributed by atoms with Crippen molar-refractivity contribution >= 4 is 41.0 Å². The fourth-order valence-corrected chi connectivity index (χ4v) is 8.52. The molecule has 4 heterocycles. The molecule has 2 aliphatic heterocycles. The quantitative estimate of drug-likeness (QED) is 0.104. The van der Waals surface area contributed by atoms with Crippen LogP contribution in [0.15, 0.2) is 95.5 Å². The number of benzene rings is 4. The van der Waals surface area contributed by atoms with E-state index < -0.39 is 29.9 Å². The van der Waals surface area contributed by atoms with E-state index in [2.05, 4.69) is 28.2 Å². The van der Waals surface area contributed by atoms with Crippen molar-refractivity contribution in [3.63, 3.8) is 0 Å². The number of esters is 2. The van der Waals surface area contributed by atoms with Gasteiger partial charge in [0, 0.05) is 31.8 Å². The first-order chi connectivity index (χ1) is 29.8. The number of fused-ring (bicyclic) bond motifs is 2. The molecule has 0 fully saturated rings. The minimum Gasteiger partial charge on any atom is -0.493 e. The second-order valence-corrected chi connectivity index (χ2v) is 16.8. The highest BCUT2D eigenvalue weighted by Gasteiger charge is 2.40. The smallest absolute Gasteiger partial charge is 0.336 e. The molecular formula is C49H46Cl2N4O7. The maximum atomic E-state index is 14.2. The summed E-state index contributed by atoms with van der Waals surface area (Å²) in [5.74, 6) is 0.00167. The summed E-state index contributed by atoms with van der Waals surface area (Å²) in [7, 11) is 0. The molecule has 13 heteroatoms. The Balaban J connectivity index is 0.973. The topological polar surface area (TPSA) is 147 Å². The van der Waals surface area contributed by atoms with Crippen LogP contribution in [-0.4, -0.2) is 51.4 Å². The highest BCUT2D eigenvalue weighted by atomic mass is 35.5. The standard InChI is InChI=1S/C49H46Cl2N4O7/c1-27-28(2)53-17-15-40(27)34-8-5-31(6-9-34)20-43(52)48(57)62-49(58)44-23-36-24-45-37(22-38(36)25-55(44)47(56)46-29(3)61-30(4)54-46)21-35(16-18-59-45)33-10-12-39(13-11-33)60-26-32-7-14-41(50)42(51)19-32/h5-15,17,19,22,24,35,43-44H,16,18,20-21,23,25-26,52H2,1-4H3/t35-,43+,44+/m1/s1. The van der Waals surface area contributed by atoms with E-state index in [0.29, 0.717) is 41.3 Å². The van der Waals surface area contributed by atoms with Crippen molar-refractivity contribution in [2.24, 2.45) is 5.73 Å². The van der Waals surface area contributed by atoms with E-state index in [1.165, 1.54) is 4.90 Å². The van der Waals surface area contributed by atoms with Crippen LogP contribution in [0.25, 0.3) is 11.1 Å². The van der Waals surface area contributed by atoms with E-state index in [0.717, 1.165) is 73.7 Å². The summed E-state index contributed by atoms with van der Waals surface area (Å²) in [6, 6.07) is 25.0. The molecule has 2 aromatic heterocycles. The maximum Gasteiger partial charge on any atom is 0.336 e. The zero-order valence-corrected chi connectivity index (χ0v) is 36.4. The average Bonchev–Trinajstić information content (AvgIpc) is 3.47. The minimum atomic E-state index is -1.14. The normalized spacial score (nSPS) is 16.3. The molecule has 0 bridgehead atoms. The Kier molecular flexibility index (Phi) is 12.5. The predicted molar refractivity (Wildman–Crippen MR) is 236 cm³/mol. The van der Waals surface area contributed by atoms with E-state index in [9.17, 15) is 14.4 Å².